The number of esters is 1. The minimum Gasteiger partial charge on any atom is -0.465 e. The van der Waals surface area contributed by atoms with Crippen molar-refractivity contribution >= 4 is 40.8 Å². The maximum atomic E-state index is 13.7. The number of carbonyl (C=O) groups excluding carboxylic acids is 4. The van der Waals surface area contributed by atoms with Crippen molar-refractivity contribution in [1.29, 1.82) is 0 Å². The minimum atomic E-state index is -1.00. The number of nitrogens with one attached hydrogen (secondary N) is 2. The summed E-state index contributed by atoms with van der Waals surface area (Å²) in [5.41, 5.74) is 4.55. The fourth-order valence-corrected chi connectivity index (χ4v) is 8.70. The number of nitrogens with zero attached hydrogens (tertiary/aromatic N) is 4. The van der Waals surface area contributed by atoms with E-state index in [1.165, 1.54) is 32.1 Å². The number of rotatable bonds is 12. The Morgan fingerprint density at radius 3 is 2.23 bits per heavy atom. The second-order valence-electron chi connectivity index (χ2n) is 17.4. The molecular formula is C47H70N6O8. The molecule has 0 radical (unpaired) electrons. The predicted octanol–water partition coefficient (Wildman–Crippen LogP) is 7.77. The van der Waals surface area contributed by atoms with Crippen molar-refractivity contribution in [2.45, 2.75) is 124 Å². The molecule has 2 N–H and O–H groups in total. The molecule has 2 aromatic carbocycles. The number of aryl methyl sites for hydroxylation is 1. The van der Waals surface area contributed by atoms with E-state index in [1.807, 2.05) is 42.2 Å². The maximum Gasteiger partial charge on any atom is 0.417 e. The number of amides is 4. The first-order chi connectivity index (χ1) is 29.0. The molecule has 0 aliphatic carbocycles. The quantitative estimate of drug-likeness (QED) is 0.137. The summed E-state index contributed by atoms with van der Waals surface area (Å²) < 4.78 is 16.5. The third-order valence-electron chi connectivity index (χ3n) is 12.6. The minimum absolute atomic E-state index is 0. The molecule has 5 heterocycles. The summed E-state index contributed by atoms with van der Waals surface area (Å²) in [6.07, 6.45) is 9.56. The van der Waals surface area contributed by atoms with Gasteiger partial charge in [0.25, 0.3) is 5.91 Å². The second-order valence-corrected chi connectivity index (χ2v) is 17.4. The van der Waals surface area contributed by atoms with E-state index in [2.05, 4.69) is 36.0 Å². The van der Waals surface area contributed by atoms with Crippen molar-refractivity contribution in [2.24, 2.45) is 11.8 Å². The zero-order valence-corrected chi connectivity index (χ0v) is 36.2. The molecular weight excluding hydrogens is 777 g/mol. The van der Waals surface area contributed by atoms with Crippen LogP contribution in [0.3, 0.4) is 0 Å². The number of aromatic nitrogens is 1. The van der Waals surface area contributed by atoms with E-state index < -0.39 is 18.0 Å². The Balaban J connectivity index is 0.000000331. The van der Waals surface area contributed by atoms with E-state index in [9.17, 15) is 24.0 Å². The summed E-state index contributed by atoms with van der Waals surface area (Å²) in [6, 6.07) is 11.4. The van der Waals surface area contributed by atoms with Gasteiger partial charge >= 0.3 is 23.8 Å². The molecule has 4 aliphatic rings. The molecule has 336 valence electrons. The molecule has 4 aliphatic heterocycles. The number of aromatic amines is 1. The zero-order valence-electron chi connectivity index (χ0n) is 36.2. The van der Waals surface area contributed by atoms with Crippen LogP contribution in [0.1, 0.15) is 109 Å². The second kappa shape index (κ2) is 22.8. The van der Waals surface area contributed by atoms with E-state index in [0.717, 1.165) is 67.1 Å². The van der Waals surface area contributed by atoms with E-state index in [1.54, 1.807) is 15.9 Å². The van der Waals surface area contributed by atoms with Gasteiger partial charge in [0.15, 0.2) is 11.7 Å². The summed E-state index contributed by atoms with van der Waals surface area (Å²) in [5, 5.41) is 3.03. The molecule has 4 amide bonds. The van der Waals surface area contributed by atoms with Crippen LogP contribution in [0.25, 0.3) is 11.1 Å². The number of likely N-dealkylation sites (tertiary alicyclic amines) is 3. The van der Waals surface area contributed by atoms with Crippen molar-refractivity contribution in [2.75, 3.05) is 64.3 Å². The van der Waals surface area contributed by atoms with E-state index in [0.29, 0.717) is 75.7 Å². The molecule has 0 bridgehead atoms. The Kier molecular flexibility index (Phi) is 17.7. The van der Waals surface area contributed by atoms with Gasteiger partial charge in [0.05, 0.1) is 18.7 Å². The van der Waals surface area contributed by atoms with Gasteiger partial charge in [-0.1, -0.05) is 71.7 Å². The number of H-pyrrole nitrogens is 1. The molecule has 0 spiro atoms. The lowest BCUT2D eigenvalue weighted by atomic mass is 9.98. The zero-order chi connectivity index (χ0) is 42.6. The first-order valence-corrected chi connectivity index (χ1v) is 22.4. The number of fused-ring (bicyclic) bond motifs is 2. The summed E-state index contributed by atoms with van der Waals surface area (Å²) in [6.45, 7) is 14.4. The van der Waals surface area contributed by atoms with Gasteiger partial charge in [-0.2, -0.15) is 0 Å². The van der Waals surface area contributed by atoms with Gasteiger partial charge in [0.1, 0.15) is 0 Å². The Bertz CT molecular complexity index is 1960. The van der Waals surface area contributed by atoms with Crippen molar-refractivity contribution in [1.82, 2.24) is 24.6 Å². The number of oxazole rings is 1. The number of piperidine rings is 3. The van der Waals surface area contributed by atoms with Crippen LogP contribution < -0.4 is 11.1 Å². The molecule has 0 saturated carbocycles. The fourth-order valence-electron chi connectivity index (χ4n) is 8.70. The van der Waals surface area contributed by atoms with E-state index >= 15 is 0 Å². The Morgan fingerprint density at radius 2 is 1.52 bits per heavy atom. The highest BCUT2D eigenvalue weighted by Gasteiger charge is 2.35. The smallest absolute Gasteiger partial charge is 0.417 e. The van der Waals surface area contributed by atoms with Crippen LogP contribution in [0.2, 0.25) is 0 Å². The lowest BCUT2D eigenvalue weighted by Gasteiger charge is -2.38. The summed E-state index contributed by atoms with van der Waals surface area (Å²) >= 11 is 0. The van der Waals surface area contributed by atoms with Gasteiger partial charge in [-0.15, -0.1) is 0 Å². The van der Waals surface area contributed by atoms with Gasteiger partial charge in [-0.25, -0.2) is 14.4 Å². The molecule has 3 saturated heterocycles. The van der Waals surface area contributed by atoms with Crippen LogP contribution in [0.15, 0.2) is 45.6 Å². The van der Waals surface area contributed by atoms with Crippen molar-refractivity contribution in [3.63, 3.8) is 0 Å². The summed E-state index contributed by atoms with van der Waals surface area (Å²) in [5.74, 6) is 0.576. The number of unbranched alkanes of at least 4 members (excludes halogenated alkanes) is 3. The number of hydrogen-bond donors (Lipinski definition) is 2. The molecule has 3 aromatic rings. The molecule has 1 atom stereocenters. The number of para-hydroxylation sites is 1. The normalized spacial score (nSPS) is 18.6. The summed E-state index contributed by atoms with van der Waals surface area (Å²) in [4.78, 5) is 73.7. The largest absolute Gasteiger partial charge is 0.465 e. The van der Waals surface area contributed by atoms with Crippen LogP contribution in [0.4, 0.5) is 15.3 Å². The van der Waals surface area contributed by atoms with Crippen molar-refractivity contribution in [3.05, 3.63) is 63.6 Å². The first kappa shape index (κ1) is 47.2. The van der Waals surface area contributed by atoms with E-state index in [4.69, 9.17) is 13.9 Å². The van der Waals surface area contributed by atoms with Crippen molar-refractivity contribution in [3.8, 4) is 0 Å². The standard InChI is InChI=1S/C32H39N5O6.C14H27NO2.CH4/c1-20-7-12-35(13-8-20)29(38)27(19-22-17-21(2)28-26(18-22)42-31(40)34-28)43-32(41)36-14-10-24(11-15-36)37-16-9-23-5-3-4-6-25(23)33-30(37)39;1-3-4-5-6-11-17-14(16)12-15-9-7-13(2)8-10-15;/h3-6,17-18,20,24,27H,7-16,19H2,1-2H3,(H,33,39)(H,34,40);13H,3-12H2,1-2H3;1H4/t27-;;/m1../s1. The predicted molar refractivity (Wildman–Crippen MR) is 238 cm³/mol. The molecule has 1 aromatic heterocycles. The average molecular weight is 847 g/mol. The number of carbonyl (C=O) groups is 4. The van der Waals surface area contributed by atoms with Gasteiger partial charge < -0.3 is 33.9 Å². The number of urea groups is 1. The Hall–Kier alpha value is -4.85. The molecule has 14 nitrogen and oxygen atoms in total. The van der Waals surface area contributed by atoms with Crippen LogP contribution in [-0.4, -0.2) is 120 Å². The Labute approximate surface area is 361 Å². The highest BCUT2D eigenvalue weighted by atomic mass is 16.6. The topological polar surface area (TPSA) is 158 Å². The first-order valence-electron chi connectivity index (χ1n) is 22.4. The highest BCUT2D eigenvalue weighted by molar-refractivity contribution is 5.91. The summed E-state index contributed by atoms with van der Waals surface area (Å²) in [7, 11) is 0. The van der Waals surface area contributed by atoms with Gasteiger partial charge in [-0.05, 0) is 112 Å². The van der Waals surface area contributed by atoms with Crippen LogP contribution in [0, 0.1) is 18.8 Å². The third-order valence-corrected chi connectivity index (χ3v) is 12.6. The van der Waals surface area contributed by atoms with Crippen LogP contribution in [-0.2, 0) is 31.9 Å². The van der Waals surface area contributed by atoms with Gasteiger partial charge in [0.2, 0.25) is 0 Å². The molecule has 61 heavy (non-hydrogen) atoms. The number of anilines is 1. The lowest BCUT2D eigenvalue weighted by molar-refractivity contribution is -0.145. The number of hydrogen-bond acceptors (Lipinski definition) is 9. The van der Waals surface area contributed by atoms with Crippen molar-refractivity contribution < 1.29 is 33.1 Å². The number of benzene rings is 2. The molecule has 0 unspecified atom stereocenters. The average Bonchev–Trinajstić information content (AvgIpc) is 3.54. The molecule has 14 heteroatoms. The van der Waals surface area contributed by atoms with Gasteiger partial charge in [0, 0.05) is 50.9 Å². The third kappa shape index (κ3) is 13.3. The molecule has 7 rings (SSSR count). The van der Waals surface area contributed by atoms with Crippen LogP contribution >= 0.6 is 0 Å². The highest BCUT2D eigenvalue weighted by Crippen LogP contribution is 2.26. The van der Waals surface area contributed by atoms with Crippen LogP contribution in [0.5, 0.6) is 0 Å². The number of ether oxygens (including phenoxy) is 2. The lowest BCUT2D eigenvalue weighted by Crippen LogP contribution is -2.51. The van der Waals surface area contributed by atoms with Gasteiger partial charge in [-0.3, -0.25) is 19.5 Å². The maximum absolute atomic E-state index is 13.7. The Morgan fingerprint density at radius 1 is 0.852 bits per heavy atom. The SMILES string of the molecule is C.CCCCCCOC(=O)CN1CCC(C)CC1.Cc1cc(C[C@@H](OC(=O)N2CCC(N3CCc4ccccc4NC3=O)CC2)C(=O)N2CCC(C)CC2)cc2oc(=O)[nH]c12. The fraction of sp³-hybridized carbons (Fsp3) is 0.638. The molecule has 3 fully saturated rings. The van der Waals surface area contributed by atoms with E-state index in [-0.39, 0.29) is 37.8 Å². The monoisotopic (exact) mass is 847 g/mol.